The molecule has 0 unspecified atom stereocenters. The topological polar surface area (TPSA) is 43.8 Å². The Labute approximate surface area is 118 Å². The summed E-state index contributed by atoms with van der Waals surface area (Å²) in [4.78, 5) is 0. The number of nitrogens with zero attached hydrogens (tertiary/aromatic N) is 2. The molecule has 19 heavy (non-hydrogen) atoms. The molecule has 0 fully saturated rings. The summed E-state index contributed by atoms with van der Waals surface area (Å²) in [5.41, 5.74) is 8.70. The minimum atomic E-state index is 0.396. The first-order chi connectivity index (χ1) is 9.19. The number of aromatic nitrogens is 2. The van der Waals surface area contributed by atoms with Crippen LogP contribution in [0.1, 0.15) is 16.8 Å². The second kappa shape index (κ2) is 6.46. The van der Waals surface area contributed by atoms with Gasteiger partial charge in [-0.2, -0.15) is 5.10 Å². The monoisotopic (exact) mass is 271 g/mol. The van der Waals surface area contributed by atoms with Crippen molar-refractivity contribution in [3.8, 4) is 11.8 Å². The first-order valence-electron chi connectivity index (χ1n) is 6.10. The highest BCUT2D eigenvalue weighted by Gasteiger charge is 2.03. The van der Waals surface area contributed by atoms with Gasteiger partial charge in [0.2, 0.25) is 0 Å². The summed E-state index contributed by atoms with van der Waals surface area (Å²) in [6, 6.07) is 10.4. The molecule has 2 aromatic rings. The Morgan fingerprint density at radius 1 is 1.37 bits per heavy atom. The fourth-order valence-corrected chi connectivity index (χ4v) is 2.75. The van der Waals surface area contributed by atoms with Crippen molar-refractivity contribution in [3.05, 3.63) is 47.2 Å². The Kier molecular flexibility index (Phi) is 4.67. The molecule has 0 aliphatic heterocycles. The third-order valence-corrected chi connectivity index (χ3v) is 3.76. The normalized spacial score (nSPS) is 10.1. The van der Waals surface area contributed by atoms with Gasteiger partial charge in [-0.3, -0.25) is 4.68 Å². The number of thioether (sulfide) groups is 1. The summed E-state index contributed by atoms with van der Waals surface area (Å²) < 4.78 is 1.91. The first-order valence-corrected chi connectivity index (χ1v) is 7.09. The van der Waals surface area contributed by atoms with Gasteiger partial charge in [0.25, 0.3) is 0 Å². The van der Waals surface area contributed by atoms with Crippen LogP contribution < -0.4 is 5.73 Å². The van der Waals surface area contributed by atoms with Crippen LogP contribution in [0.5, 0.6) is 0 Å². The zero-order valence-corrected chi connectivity index (χ0v) is 12.0. The van der Waals surface area contributed by atoms with Gasteiger partial charge in [-0.05, 0) is 30.7 Å². The number of hydrogen-bond donors (Lipinski definition) is 1. The second-order valence-corrected chi connectivity index (χ2v) is 5.24. The maximum atomic E-state index is 5.38. The highest BCUT2D eigenvalue weighted by Crippen LogP contribution is 2.23. The molecule has 3 nitrogen and oxygen atoms in total. The summed E-state index contributed by atoms with van der Waals surface area (Å²) >= 11 is 1.78. The average Bonchev–Trinajstić information content (AvgIpc) is 2.73. The van der Waals surface area contributed by atoms with Gasteiger partial charge in [0.15, 0.2) is 0 Å². The van der Waals surface area contributed by atoms with E-state index in [0.717, 1.165) is 17.0 Å². The number of hydrogen-bond acceptors (Lipinski definition) is 3. The Hall–Kier alpha value is -1.70. The standard InChI is InChI=1S/C15H17N3S/c1-12-9-15(18(2)17-12)19-11-14-6-3-5-13(10-14)7-4-8-16/h3,5-6,9-10H,8,11,16H2,1-2H3. The predicted molar refractivity (Wildman–Crippen MR) is 79.9 cm³/mol. The minimum absolute atomic E-state index is 0.396. The molecule has 98 valence electrons. The van der Waals surface area contributed by atoms with E-state index in [-0.39, 0.29) is 0 Å². The van der Waals surface area contributed by atoms with Crippen LogP contribution in [0.3, 0.4) is 0 Å². The van der Waals surface area contributed by atoms with Crippen LogP contribution in [0.4, 0.5) is 0 Å². The molecular weight excluding hydrogens is 254 g/mol. The smallest absolute Gasteiger partial charge is 0.0942 e. The van der Waals surface area contributed by atoms with Crippen molar-refractivity contribution >= 4 is 11.8 Å². The molecule has 2 N–H and O–H groups in total. The van der Waals surface area contributed by atoms with Crippen molar-refractivity contribution in [2.24, 2.45) is 12.8 Å². The van der Waals surface area contributed by atoms with E-state index in [4.69, 9.17) is 5.73 Å². The second-order valence-electron chi connectivity index (χ2n) is 4.24. The quantitative estimate of drug-likeness (QED) is 0.688. The number of nitrogens with two attached hydrogens (primary N) is 1. The molecule has 0 saturated heterocycles. The molecule has 0 radical (unpaired) electrons. The molecule has 0 atom stereocenters. The van der Waals surface area contributed by atoms with Crippen molar-refractivity contribution in [2.45, 2.75) is 17.7 Å². The summed E-state index contributed by atoms with van der Waals surface area (Å²) in [6.07, 6.45) is 0. The Morgan fingerprint density at radius 2 is 2.21 bits per heavy atom. The minimum Gasteiger partial charge on any atom is -0.320 e. The molecule has 0 spiro atoms. The summed E-state index contributed by atoms with van der Waals surface area (Å²) in [5, 5.41) is 5.52. The van der Waals surface area contributed by atoms with Gasteiger partial charge >= 0.3 is 0 Å². The van der Waals surface area contributed by atoms with Gasteiger partial charge in [0, 0.05) is 18.4 Å². The highest BCUT2D eigenvalue weighted by atomic mass is 32.2. The molecule has 0 aliphatic rings. The summed E-state index contributed by atoms with van der Waals surface area (Å²) in [5.74, 6) is 6.85. The van der Waals surface area contributed by atoms with Gasteiger partial charge in [-0.15, -0.1) is 11.8 Å². The molecule has 1 heterocycles. The lowest BCUT2D eigenvalue weighted by molar-refractivity contribution is 0.692. The summed E-state index contributed by atoms with van der Waals surface area (Å²) in [7, 11) is 1.97. The lowest BCUT2D eigenvalue weighted by Crippen LogP contribution is -1.93. The number of aryl methyl sites for hydroxylation is 2. The fourth-order valence-electron chi connectivity index (χ4n) is 1.77. The van der Waals surface area contributed by atoms with Crippen LogP contribution in [-0.2, 0) is 12.8 Å². The van der Waals surface area contributed by atoms with Crippen LogP contribution >= 0.6 is 11.8 Å². The van der Waals surface area contributed by atoms with Crippen LogP contribution in [0.2, 0.25) is 0 Å². The van der Waals surface area contributed by atoms with E-state index in [0.29, 0.717) is 6.54 Å². The van der Waals surface area contributed by atoms with Crippen molar-refractivity contribution in [1.29, 1.82) is 0 Å². The van der Waals surface area contributed by atoms with Gasteiger partial charge in [0.1, 0.15) is 0 Å². The third-order valence-electron chi connectivity index (χ3n) is 2.61. The van der Waals surface area contributed by atoms with E-state index in [1.807, 2.05) is 30.8 Å². The number of benzene rings is 1. The molecule has 2 rings (SSSR count). The van der Waals surface area contributed by atoms with Crippen molar-refractivity contribution in [2.75, 3.05) is 6.54 Å². The zero-order chi connectivity index (χ0) is 13.7. The van der Waals surface area contributed by atoms with E-state index in [9.17, 15) is 0 Å². The maximum Gasteiger partial charge on any atom is 0.0942 e. The van der Waals surface area contributed by atoms with Gasteiger partial charge in [0.05, 0.1) is 17.3 Å². The zero-order valence-electron chi connectivity index (χ0n) is 11.2. The van der Waals surface area contributed by atoms with Gasteiger partial charge in [-0.25, -0.2) is 0 Å². The van der Waals surface area contributed by atoms with Crippen molar-refractivity contribution in [3.63, 3.8) is 0 Å². The van der Waals surface area contributed by atoms with E-state index in [2.05, 4.69) is 35.1 Å². The lowest BCUT2D eigenvalue weighted by Gasteiger charge is -2.02. The maximum absolute atomic E-state index is 5.38. The van der Waals surface area contributed by atoms with Crippen LogP contribution in [0.15, 0.2) is 35.4 Å². The summed E-state index contributed by atoms with van der Waals surface area (Å²) in [6.45, 7) is 2.40. The van der Waals surface area contributed by atoms with E-state index in [1.54, 1.807) is 11.8 Å². The van der Waals surface area contributed by atoms with Crippen molar-refractivity contribution < 1.29 is 0 Å². The van der Waals surface area contributed by atoms with E-state index in [1.165, 1.54) is 10.6 Å². The Balaban J connectivity index is 2.05. The molecule has 0 bridgehead atoms. The lowest BCUT2D eigenvalue weighted by atomic mass is 10.1. The number of rotatable bonds is 3. The van der Waals surface area contributed by atoms with E-state index < -0.39 is 0 Å². The molecule has 4 heteroatoms. The first kappa shape index (κ1) is 13.7. The Morgan fingerprint density at radius 3 is 2.89 bits per heavy atom. The third kappa shape index (κ3) is 3.88. The Bertz CT molecular complexity index is 620. The molecule has 1 aromatic carbocycles. The highest BCUT2D eigenvalue weighted by molar-refractivity contribution is 7.98. The van der Waals surface area contributed by atoms with Crippen LogP contribution in [0.25, 0.3) is 0 Å². The van der Waals surface area contributed by atoms with Gasteiger partial charge in [-0.1, -0.05) is 24.0 Å². The average molecular weight is 271 g/mol. The van der Waals surface area contributed by atoms with Crippen molar-refractivity contribution in [1.82, 2.24) is 9.78 Å². The molecular formula is C15H17N3S. The molecule has 0 saturated carbocycles. The fraction of sp³-hybridized carbons (Fsp3) is 0.267. The van der Waals surface area contributed by atoms with E-state index >= 15 is 0 Å². The largest absolute Gasteiger partial charge is 0.320 e. The predicted octanol–water partition coefficient (Wildman–Crippen LogP) is 2.33. The molecule has 1 aromatic heterocycles. The molecule has 0 amide bonds. The van der Waals surface area contributed by atoms with Gasteiger partial charge < -0.3 is 5.73 Å². The SMILES string of the molecule is Cc1cc(SCc2cccc(C#CCN)c2)n(C)n1. The molecule has 0 aliphatic carbocycles. The van der Waals surface area contributed by atoms with Crippen LogP contribution in [0, 0.1) is 18.8 Å². The van der Waals surface area contributed by atoms with Crippen LogP contribution in [-0.4, -0.2) is 16.3 Å².